The van der Waals surface area contributed by atoms with Gasteiger partial charge in [0.05, 0.1) is 26.2 Å². The van der Waals surface area contributed by atoms with Crippen LogP contribution in [0.2, 0.25) is 0 Å². The van der Waals surface area contributed by atoms with Gasteiger partial charge in [0, 0.05) is 22.2 Å². The Morgan fingerprint density at radius 1 is 0.744 bits per heavy atom. The van der Waals surface area contributed by atoms with Crippen molar-refractivity contribution in [3.05, 3.63) is 126 Å². The first-order chi connectivity index (χ1) is 19.0. The van der Waals surface area contributed by atoms with Crippen molar-refractivity contribution in [2.75, 3.05) is 20.3 Å². The highest BCUT2D eigenvalue weighted by Gasteiger charge is 2.38. The van der Waals surface area contributed by atoms with Gasteiger partial charge in [-0.2, -0.15) is 0 Å². The number of halogens is 1. The number of benzene rings is 4. The number of rotatable bonds is 10. The second-order valence-electron chi connectivity index (χ2n) is 9.02. The van der Waals surface area contributed by atoms with E-state index in [-0.39, 0.29) is 24.9 Å². The van der Waals surface area contributed by atoms with E-state index in [0.29, 0.717) is 11.1 Å². The first-order valence-electron chi connectivity index (χ1n) is 13.0. The zero-order valence-corrected chi connectivity index (χ0v) is 23.1. The van der Waals surface area contributed by atoms with Gasteiger partial charge < -0.3 is 18.4 Å². The lowest BCUT2D eigenvalue weighted by Gasteiger charge is -2.25. The van der Waals surface area contributed by atoms with E-state index in [1.807, 2.05) is 71.3 Å². The molecule has 1 unspecified atom stereocenters. The first kappa shape index (κ1) is 26.9. The molecule has 0 aliphatic carbocycles. The van der Waals surface area contributed by atoms with Gasteiger partial charge in [-0.15, -0.1) is 0 Å². The van der Waals surface area contributed by atoms with E-state index < -0.39 is 7.60 Å². The summed E-state index contributed by atoms with van der Waals surface area (Å²) >= 11 is 0. The summed E-state index contributed by atoms with van der Waals surface area (Å²) in [5, 5.41) is 1.66. The lowest BCUT2D eigenvalue weighted by molar-refractivity contribution is 0.229. The Kier molecular flexibility index (Phi) is 7.99. The van der Waals surface area contributed by atoms with E-state index in [1.54, 1.807) is 33.1 Å². The fourth-order valence-electron chi connectivity index (χ4n) is 5.11. The molecule has 0 saturated heterocycles. The number of methoxy groups -OCH3 is 1. The van der Waals surface area contributed by atoms with Gasteiger partial charge in [0.2, 0.25) is 0 Å². The summed E-state index contributed by atoms with van der Waals surface area (Å²) in [6.07, 6.45) is 0. The maximum Gasteiger partial charge on any atom is 0.378 e. The van der Waals surface area contributed by atoms with Gasteiger partial charge in [0.25, 0.3) is 0 Å². The van der Waals surface area contributed by atoms with Crippen molar-refractivity contribution in [2.24, 2.45) is 0 Å². The minimum absolute atomic E-state index is 0.204. The van der Waals surface area contributed by atoms with Crippen LogP contribution in [0.5, 0.6) is 5.75 Å². The zero-order chi connectivity index (χ0) is 27.4. The molecule has 0 bridgehead atoms. The third kappa shape index (κ3) is 5.16. The molecule has 0 aliphatic heterocycles. The Bertz CT molecular complexity index is 1590. The molecule has 5 nitrogen and oxygen atoms in total. The third-order valence-corrected chi connectivity index (χ3v) is 8.85. The molecule has 5 aromatic rings. The number of hydrogen-bond acceptors (Lipinski definition) is 4. The molecule has 1 heterocycles. The molecule has 0 amide bonds. The van der Waals surface area contributed by atoms with Crippen LogP contribution in [-0.2, 0) is 13.6 Å². The summed E-state index contributed by atoms with van der Waals surface area (Å²) in [6, 6.07) is 32.1. The molecule has 39 heavy (non-hydrogen) atoms. The monoisotopic (exact) mass is 543 g/mol. The SMILES string of the molecule is CCOP(=O)(OCC)c1c2ccccc2c(C(c2ccccc2)c2ccc(OC)cc2)n1-c1ccc(F)cc1. The standard InChI is InChI=1S/C32H31FNO4P/c1-4-37-39(35,38-5-2)32-29-14-10-9-13-28(29)31(34(32)26-19-17-25(33)18-20-26)30(23-11-7-6-8-12-23)24-15-21-27(36-3)22-16-24/h6-22,30H,4-5H2,1-3H3. The molecule has 0 N–H and O–H groups in total. The summed E-state index contributed by atoms with van der Waals surface area (Å²) in [5.74, 6) is 0.130. The molecule has 1 atom stereocenters. The summed E-state index contributed by atoms with van der Waals surface area (Å²) in [6.45, 7) is 4.00. The van der Waals surface area contributed by atoms with Crippen molar-refractivity contribution in [3.8, 4) is 11.4 Å². The smallest absolute Gasteiger partial charge is 0.378 e. The second-order valence-corrected chi connectivity index (χ2v) is 11.0. The van der Waals surface area contributed by atoms with Crippen molar-refractivity contribution in [2.45, 2.75) is 19.8 Å². The van der Waals surface area contributed by atoms with Crippen molar-refractivity contribution in [1.29, 1.82) is 0 Å². The van der Waals surface area contributed by atoms with Gasteiger partial charge in [0.15, 0.2) is 0 Å². The summed E-state index contributed by atoms with van der Waals surface area (Å²) in [7, 11) is -2.16. The maximum absolute atomic E-state index is 14.5. The molecule has 4 aromatic carbocycles. The molecule has 0 aliphatic rings. The van der Waals surface area contributed by atoms with Gasteiger partial charge in [-0.25, -0.2) is 4.39 Å². The summed E-state index contributed by atoms with van der Waals surface area (Å²) < 4.78 is 47.8. The van der Waals surface area contributed by atoms with E-state index >= 15 is 0 Å². The Labute approximate surface area is 228 Å². The summed E-state index contributed by atoms with van der Waals surface area (Å²) in [5.41, 5.74) is 4.03. The number of aromatic nitrogens is 1. The van der Waals surface area contributed by atoms with Crippen LogP contribution in [0.4, 0.5) is 4.39 Å². The Morgan fingerprint density at radius 3 is 1.90 bits per heavy atom. The van der Waals surface area contributed by atoms with E-state index in [0.717, 1.165) is 33.3 Å². The molecule has 0 radical (unpaired) electrons. The fourth-order valence-corrected chi connectivity index (χ4v) is 7.07. The minimum Gasteiger partial charge on any atom is -0.497 e. The zero-order valence-electron chi connectivity index (χ0n) is 22.2. The average molecular weight is 544 g/mol. The lowest BCUT2D eigenvalue weighted by Crippen LogP contribution is -2.23. The molecular formula is C32H31FNO4P. The van der Waals surface area contributed by atoms with Crippen LogP contribution in [0.25, 0.3) is 16.5 Å². The lowest BCUT2D eigenvalue weighted by atomic mass is 9.86. The molecule has 200 valence electrons. The Balaban J connectivity index is 1.93. The average Bonchev–Trinajstić information content (AvgIpc) is 3.30. The van der Waals surface area contributed by atoms with E-state index in [2.05, 4.69) is 12.1 Å². The molecule has 0 saturated carbocycles. The van der Waals surface area contributed by atoms with Gasteiger partial charge in [-0.1, -0.05) is 66.7 Å². The highest BCUT2D eigenvalue weighted by atomic mass is 31.2. The highest BCUT2D eigenvalue weighted by Crippen LogP contribution is 2.52. The maximum atomic E-state index is 14.5. The Hall–Kier alpha value is -3.70. The molecular weight excluding hydrogens is 512 g/mol. The van der Waals surface area contributed by atoms with E-state index in [4.69, 9.17) is 13.8 Å². The second kappa shape index (κ2) is 11.6. The summed E-state index contributed by atoms with van der Waals surface area (Å²) in [4.78, 5) is 0. The van der Waals surface area contributed by atoms with Gasteiger partial charge in [-0.3, -0.25) is 4.57 Å². The highest BCUT2D eigenvalue weighted by molar-refractivity contribution is 7.62. The fraction of sp³-hybridized carbons (Fsp3) is 0.188. The van der Waals surface area contributed by atoms with E-state index in [1.165, 1.54) is 12.1 Å². The number of hydrogen-bond donors (Lipinski definition) is 0. The quantitative estimate of drug-likeness (QED) is 0.168. The van der Waals surface area contributed by atoms with Crippen molar-refractivity contribution in [1.82, 2.24) is 4.57 Å². The van der Waals surface area contributed by atoms with Gasteiger partial charge in [0.1, 0.15) is 17.0 Å². The number of ether oxygens (including phenoxy) is 1. The molecule has 0 spiro atoms. The van der Waals surface area contributed by atoms with Crippen LogP contribution >= 0.6 is 7.60 Å². The minimum atomic E-state index is -3.80. The molecule has 5 rings (SSSR count). The van der Waals surface area contributed by atoms with Crippen LogP contribution in [0.15, 0.2) is 103 Å². The van der Waals surface area contributed by atoms with Crippen molar-refractivity contribution < 1.29 is 22.7 Å². The predicted octanol–water partition coefficient (Wildman–Crippen LogP) is 7.85. The molecule has 0 fully saturated rings. The van der Waals surface area contributed by atoms with E-state index in [9.17, 15) is 8.96 Å². The molecule has 1 aromatic heterocycles. The third-order valence-electron chi connectivity index (χ3n) is 6.69. The van der Waals surface area contributed by atoms with Gasteiger partial charge in [-0.05, 0) is 61.4 Å². The van der Waals surface area contributed by atoms with Gasteiger partial charge >= 0.3 is 7.60 Å². The van der Waals surface area contributed by atoms with Crippen LogP contribution in [0.3, 0.4) is 0 Å². The topological polar surface area (TPSA) is 49.7 Å². The van der Waals surface area contributed by atoms with Crippen molar-refractivity contribution >= 4 is 23.8 Å². The van der Waals surface area contributed by atoms with Crippen molar-refractivity contribution in [3.63, 3.8) is 0 Å². The predicted molar refractivity (Wildman–Crippen MR) is 154 cm³/mol. The van der Waals surface area contributed by atoms with Crippen LogP contribution < -0.4 is 10.2 Å². The number of fused-ring (bicyclic) bond motifs is 1. The molecule has 7 heteroatoms. The number of nitrogens with zero attached hydrogens (tertiary/aromatic N) is 1. The Morgan fingerprint density at radius 2 is 1.31 bits per heavy atom. The normalized spacial score (nSPS) is 12.5. The van der Waals surface area contributed by atoms with Crippen LogP contribution in [-0.4, -0.2) is 24.9 Å². The first-order valence-corrected chi connectivity index (χ1v) is 14.5. The van der Waals surface area contributed by atoms with Crippen LogP contribution in [0, 0.1) is 5.82 Å². The van der Waals surface area contributed by atoms with Crippen LogP contribution in [0.1, 0.15) is 36.6 Å². The largest absolute Gasteiger partial charge is 0.497 e.